The van der Waals surface area contributed by atoms with Crippen molar-refractivity contribution >= 4 is 5.91 Å². The minimum absolute atomic E-state index is 0.204. The van der Waals surface area contributed by atoms with Gasteiger partial charge < -0.3 is 5.32 Å². The molecule has 2 nitrogen and oxygen atoms in total. The van der Waals surface area contributed by atoms with Crippen molar-refractivity contribution in [1.29, 1.82) is 0 Å². The number of nitrogens with one attached hydrogen (secondary N) is 1. The minimum Gasteiger partial charge on any atom is -0.356 e. The summed E-state index contributed by atoms with van der Waals surface area (Å²) in [6, 6.07) is 4.82. The van der Waals surface area contributed by atoms with Crippen LogP contribution in [0.25, 0.3) is 0 Å². The Morgan fingerprint density at radius 3 is 2.10 bits per heavy atom. The maximum absolute atomic E-state index is 12.3. The van der Waals surface area contributed by atoms with Crippen LogP contribution in [0.4, 0.5) is 0 Å². The molecule has 2 rings (SSSR count). The van der Waals surface area contributed by atoms with E-state index >= 15 is 0 Å². The maximum Gasteiger partial charge on any atom is 0.220 e. The summed E-state index contributed by atoms with van der Waals surface area (Å²) in [6.07, 6.45) is 15.0. The van der Waals surface area contributed by atoms with E-state index in [1.54, 1.807) is 5.57 Å². The van der Waals surface area contributed by atoms with Gasteiger partial charge in [0.15, 0.2) is 0 Å². The third-order valence-corrected chi connectivity index (χ3v) is 6.42. The number of amides is 1. The van der Waals surface area contributed by atoms with Gasteiger partial charge in [0.25, 0.3) is 0 Å². The maximum atomic E-state index is 12.3. The van der Waals surface area contributed by atoms with E-state index in [1.165, 1.54) is 28.7 Å². The smallest absolute Gasteiger partial charge is 0.220 e. The van der Waals surface area contributed by atoms with Gasteiger partial charge in [0.05, 0.1) is 0 Å². The fourth-order valence-electron chi connectivity index (χ4n) is 4.47. The minimum atomic E-state index is 0.204. The fraction of sp³-hybridized carbons (Fsp3) is 0.621. The molecular weight excluding hydrogens is 378 g/mol. The third kappa shape index (κ3) is 8.31. The van der Waals surface area contributed by atoms with Crippen molar-refractivity contribution in [3.8, 4) is 0 Å². The molecule has 1 amide bonds. The van der Waals surface area contributed by atoms with Gasteiger partial charge in [-0.3, -0.25) is 4.79 Å². The van der Waals surface area contributed by atoms with Crippen LogP contribution in [0, 0.1) is 0 Å². The second-order valence-corrected chi connectivity index (χ2v) is 10.1. The fourth-order valence-corrected chi connectivity index (χ4v) is 4.47. The molecular formula is C29H45NO. The van der Waals surface area contributed by atoms with Crippen molar-refractivity contribution in [1.82, 2.24) is 5.32 Å². The first-order valence-corrected chi connectivity index (χ1v) is 12.6. The van der Waals surface area contributed by atoms with E-state index in [0.29, 0.717) is 24.2 Å². The molecule has 0 heterocycles. The molecule has 0 fully saturated rings. The molecule has 0 saturated heterocycles. The Kier molecular flexibility index (Phi) is 10.6. The standard InChI is InChI=1S/C29H45NO/c1-21(2)25-19-27(22(3)4)26(28(20-25)23(5)6)16-12-17-29(31)30-18-11-10-15-24-13-8-7-9-14-24/h7-8,14,19-23H,9-13,15-18H2,1-6H3,(H,30,31). The summed E-state index contributed by atoms with van der Waals surface area (Å²) in [5, 5.41) is 3.13. The molecule has 0 aliphatic heterocycles. The van der Waals surface area contributed by atoms with Crippen LogP contribution in [0.15, 0.2) is 35.9 Å². The van der Waals surface area contributed by atoms with Crippen LogP contribution in [-0.4, -0.2) is 12.5 Å². The molecule has 2 heteroatoms. The zero-order chi connectivity index (χ0) is 22.8. The molecule has 31 heavy (non-hydrogen) atoms. The Balaban J connectivity index is 1.82. The molecule has 0 aromatic heterocycles. The highest BCUT2D eigenvalue weighted by molar-refractivity contribution is 5.75. The molecule has 0 saturated carbocycles. The Bertz CT molecular complexity index is 738. The highest BCUT2D eigenvalue weighted by atomic mass is 16.1. The van der Waals surface area contributed by atoms with Crippen molar-refractivity contribution in [3.05, 3.63) is 58.2 Å². The lowest BCUT2D eigenvalue weighted by Gasteiger charge is -2.23. The predicted octanol–water partition coefficient (Wildman–Crippen LogP) is 7.94. The zero-order valence-corrected chi connectivity index (χ0v) is 20.9. The summed E-state index contributed by atoms with van der Waals surface area (Å²) < 4.78 is 0. The first-order chi connectivity index (χ1) is 14.8. The van der Waals surface area contributed by atoms with Crippen LogP contribution in [0.1, 0.15) is 126 Å². The number of unbranched alkanes of at least 4 members (excludes halogenated alkanes) is 1. The summed E-state index contributed by atoms with van der Waals surface area (Å²) in [7, 11) is 0. The normalized spacial score (nSPS) is 13.9. The molecule has 0 atom stereocenters. The van der Waals surface area contributed by atoms with Crippen molar-refractivity contribution in [3.63, 3.8) is 0 Å². The van der Waals surface area contributed by atoms with Crippen molar-refractivity contribution in [2.24, 2.45) is 0 Å². The molecule has 0 spiro atoms. The number of benzene rings is 1. The predicted molar refractivity (Wildman–Crippen MR) is 135 cm³/mol. The van der Waals surface area contributed by atoms with Crippen molar-refractivity contribution in [2.45, 2.75) is 111 Å². The Morgan fingerprint density at radius 1 is 0.871 bits per heavy atom. The number of carbonyl (C=O) groups excluding carboxylic acids is 1. The topological polar surface area (TPSA) is 29.1 Å². The van der Waals surface area contributed by atoms with Crippen LogP contribution in [0.5, 0.6) is 0 Å². The van der Waals surface area contributed by atoms with E-state index in [9.17, 15) is 4.79 Å². The number of hydrogen-bond acceptors (Lipinski definition) is 1. The van der Waals surface area contributed by atoms with Gasteiger partial charge in [0, 0.05) is 13.0 Å². The first-order valence-electron chi connectivity index (χ1n) is 12.6. The van der Waals surface area contributed by atoms with E-state index < -0.39 is 0 Å². The Labute approximate surface area is 191 Å². The molecule has 0 bridgehead atoms. The molecule has 1 aromatic rings. The van der Waals surface area contributed by atoms with E-state index in [0.717, 1.165) is 45.1 Å². The second kappa shape index (κ2) is 12.9. The lowest BCUT2D eigenvalue weighted by Crippen LogP contribution is -2.24. The average Bonchev–Trinajstić information content (AvgIpc) is 2.73. The number of carbonyl (C=O) groups is 1. The van der Waals surface area contributed by atoms with Crippen LogP contribution >= 0.6 is 0 Å². The van der Waals surface area contributed by atoms with Gasteiger partial charge in [-0.15, -0.1) is 0 Å². The van der Waals surface area contributed by atoms with Gasteiger partial charge in [-0.2, -0.15) is 0 Å². The van der Waals surface area contributed by atoms with Crippen molar-refractivity contribution in [2.75, 3.05) is 6.54 Å². The van der Waals surface area contributed by atoms with Gasteiger partial charge in [0.2, 0.25) is 5.91 Å². The summed E-state index contributed by atoms with van der Waals surface area (Å²) in [4.78, 5) is 12.3. The SMILES string of the molecule is CC(C)c1cc(C(C)C)c(CCCC(=O)NCCCCC2=CCC=CC2)c(C(C)C)c1. The largest absolute Gasteiger partial charge is 0.356 e. The number of rotatable bonds is 12. The highest BCUT2D eigenvalue weighted by Crippen LogP contribution is 2.33. The van der Waals surface area contributed by atoms with E-state index in [2.05, 4.69) is 77.2 Å². The monoisotopic (exact) mass is 423 g/mol. The second-order valence-electron chi connectivity index (χ2n) is 10.1. The molecule has 0 radical (unpaired) electrons. The molecule has 0 unspecified atom stereocenters. The van der Waals surface area contributed by atoms with Gasteiger partial charge in [0.1, 0.15) is 0 Å². The third-order valence-electron chi connectivity index (χ3n) is 6.42. The Hall–Kier alpha value is -1.83. The quantitative estimate of drug-likeness (QED) is 0.268. The first kappa shape index (κ1) is 25.4. The summed E-state index contributed by atoms with van der Waals surface area (Å²) in [5.74, 6) is 1.76. The highest BCUT2D eigenvalue weighted by Gasteiger charge is 2.17. The van der Waals surface area contributed by atoms with Crippen LogP contribution < -0.4 is 5.32 Å². The van der Waals surface area contributed by atoms with Gasteiger partial charge in [-0.1, -0.05) is 77.5 Å². The molecule has 1 aliphatic carbocycles. The Morgan fingerprint density at radius 2 is 1.55 bits per heavy atom. The lowest BCUT2D eigenvalue weighted by atomic mass is 9.82. The number of hydrogen-bond donors (Lipinski definition) is 1. The average molecular weight is 424 g/mol. The summed E-state index contributed by atoms with van der Waals surface area (Å²) in [5.41, 5.74) is 7.43. The summed E-state index contributed by atoms with van der Waals surface area (Å²) in [6.45, 7) is 14.5. The van der Waals surface area contributed by atoms with Crippen LogP contribution in [0.3, 0.4) is 0 Å². The van der Waals surface area contributed by atoms with E-state index in [1.807, 2.05) is 0 Å². The molecule has 1 aromatic carbocycles. The van der Waals surface area contributed by atoms with Gasteiger partial charge in [-0.05, 0) is 85.0 Å². The molecule has 1 N–H and O–H groups in total. The summed E-state index contributed by atoms with van der Waals surface area (Å²) >= 11 is 0. The lowest BCUT2D eigenvalue weighted by molar-refractivity contribution is -0.121. The van der Waals surface area contributed by atoms with Crippen molar-refractivity contribution < 1.29 is 4.79 Å². The van der Waals surface area contributed by atoms with Crippen LogP contribution in [-0.2, 0) is 11.2 Å². The van der Waals surface area contributed by atoms with E-state index in [4.69, 9.17) is 0 Å². The molecule has 172 valence electrons. The van der Waals surface area contributed by atoms with Gasteiger partial charge in [-0.25, -0.2) is 0 Å². The zero-order valence-electron chi connectivity index (χ0n) is 20.9. The number of allylic oxidation sites excluding steroid dienone is 4. The molecule has 1 aliphatic rings. The van der Waals surface area contributed by atoms with E-state index in [-0.39, 0.29) is 5.91 Å². The van der Waals surface area contributed by atoms with Crippen LogP contribution in [0.2, 0.25) is 0 Å². The van der Waals surface area contributed by atoms with Gasteiger partial charge >= 0.3 is 0 Å².